The van der Waals surface area contributed by atoms with Gasteiger partial charge in [0.2, 0.25) is 0 Å². The van der Waals surface area contributed by atoms with Crippen molar-refractivity contribution in [1.82, 2.24) is 25.6 Å². The highest BCUT2D eigenvalue weighted by Gasteiger charge is 2.17. The number of carbonyl (C=O) groups is 1. The molecule has 0 saturated carbocycles. The molecule has 0 saturated heterocycles. The summed E-state index contributed by atoms with van der Waals surface area (Å²) in [5.41, 5.74) is 3.74. The zero-order valence-electron chi connectivity index (χ0n) is 12.6. The number of nitriles is 1. The van der Waals surface area contributed by atoms with Crippen LogP contribution in [0.15, 0.2) is 30.3 Å². The number of fused-ring (bicyclic) bond motifs is 2. The summed E-state index contributed by atoms with van der Waals surface area (Å²) < 4.78 is 0. The predicted molar refractivity (Wildman–Crippen MR) is 87.4 cm³/mol. The van der Waals surface area contributed by atoms with E-state index in [1.807, 2.05) is 25.1 Å². The van der Waals surface area contributed by atoms with Crippen molar-refractivity contribution >= 4 is 33.5 Å². The van der Waals surface area contributed by atoms with Crippen molar-refractivity contribution in [2.75, 3.05) is 5.32 Å². The SMILES string of the molecule is Cc1[nH]nc2ccc(NC(=O)c3ccc4n[nH]nc4c3C#N)cc12. The molecule has 8 heteroatoms. The smallest absolute Gasteiger partial charge is 0.257 e. The minimum atomic E-state index is -0.378. The van der Waals surface area contributed by atoms with Gasteiger partial charge in [0.15, 0.2) is 0 Å². The van der Waals surface area contributed by atoms with Crippen molar-refractivity contribution in [3.05, 3.63) is 47.2 Å². The molecule has 1 amide bonds. The van der Waals surface area contributed by atoms with Crippen LogP contribution in [0, 0.1) is 18.3 Å². The highest BCUT2D eigenvalue weighted by molar-refractivity contribution is 6.09. The van der Waals surface area contributed by atoms with E-state index in [9.17, 15) is 10.1 Å². The van der Waals surface area contributed by atoms with Gasteiger partial charge in [-0.1, -0.05) is 0 Å². The largest absolute Gasteiger partial charge is 0.322 e. The maximum Gasteiger partial charge on any atom is 0.257 e. The average Bonchev–Trinajstić information content (AvgIpc) is 3.21. The molecule has 2 aromatic heterocycles. The number of aryl methyl sites for hydroxylation is 1. The number of hydrogen-bond donors (Lipinski definition) is 3. The lowest BCUT2D eigenvalue weighted by Gasteiger charge is -2.07. The molecule has 0 fully saturated rings. The summed E-state index contributed by atoms with van der Waals surface area (Å²) in [4.78, 5) is 12.6. The fourth-order valence-corrected chi connectivity index (χ4v) is 2.63. The number of aromatic nitrogens is 5. The maximum absolute atomic E-state index is 12.6. The number of benzene rings is 2. The molecule has 2 aromatic carbocycles. The Balaban J connectivity index is 1.73. The number of aromatic amines is 2. The van der Waals surface area contributed by atoms with E-state index in [2.05, 4.69) is 30.9 Å². The Morgan fingerprint density at radius 1 is 1.17 bits per heavy atom. The van der Waals surface area contributed by atoms with Crippen LogP contribution >= 0.6 is 0 Å². The minimum Gasteiger partial charge on any atom is -0.322 e. The van der Waals surface area contributed by atoms with Gasteiger partial charge in [-0.05, 0) is 37.3 Å². The van der Waals surface area contributed by atoms with Gasteiger partial charge in [-0.15, -0.1) is 0 Å². The van der Waals surface area contributed by atoms with E-state index in [4.69, 9.17) is 0 Å². The number of anilines is 1. The van der Waals surface area contributed by atoms with E-state index >= 15 is 0 Å². The lowest BCUT2D eigenvalue weighted by molar-refractivity contribution is 0.102. The van der Waals surface area contributed by atoms with Crippen LogP contribution < -0.4 is 5.32 Å². The van der Waals surface area contributed by atoms with Crippen molar-refractivity contribution in [3.8, 4) is 6.07 Å². The van der Waals surface area contributed by atoms with Gasteiger partial charge in [0.1, 0.15) is 17.1 Å². The Kier molecular flexibility index (Phi) is 2.99. The van der Waals surface area contributed by atoms with Gasteiger partial charge < -0.3 is 5.32 Å². The predicted octanol–water partition coefficient (Wildman–Crippen LogP) is 2.27. The van der Waals surface area contributed by atoms with Crippen LogP contribution in [0.4, 0.5) is 5.69 Å². The molecule has 3 N–H and O–H groups in total. The molecule has 0 bridgehead atoms. The summed E-state index contributed by atoms with van der Waals surface area (Å²) in [6, 6.07) is 10.7. The van der Waals surface area contributed by atoms with Crippen LogP contribution in [0.5, 0.6) is 0 Å². The quantitative estimate of drug-likeness (QED) is 0.523. The topological polar surface area (TPSA) is 123 Å². The van der Waals surface area contributed by atoms with Gasteiger partial charge in [-0.2, -0.15) is 25.8 Å². The standard InChI is InChI=1S/C16H11N7O/c1-8-11-6-9(2-4-13(11)20-19-8)18-16(24)10-3-5-14-15(12(10)7-17)22-23-21-14/h2-6H,1H3,(H,18,24)(H,19,20)(H,21,22,23). The lowest BCUT2D eigenvalue weighted by Crippen LogP contribution is -2.13. The van der Waals surface area contributed by atoms with Crippen molar-refractivity contribution in [3.63, 3.8) is 0 Å². The number of nitrogens with one attached hydrogen (secondary N) is 3. The molecule has 24 heavy (non-hydrogen) atoms. The number of hydrogen-bond acceptors (Lipinski definition) is 5. The van der Waals surface area contributed by atoms with Gasteiger partial charge in [0.05, 0.1) is 16.6 Å². The summed E-state index contributed by atoms with van der Waals surface area (Å²) in [5.74, 6) is -0.378. The summed E-state index contributed by atoms with van der Waals surface area (Å²) in [7, 11) is 0. The van der Waals surface area contributed by atoms with E-state index in [1.165, 1.54) is 0 Å². The first-order chi connectivity index (χ1) is 11.7. The summed E-state index contributed by atoms with van der Waals surface area (Å²) in [5, 5.41) is 30.5. The van der Waals surface area contributed by atoms with Crippen LogP contribution in [0.1, 0.15) is 21.6 Å². The third-order valence-corrected chi connectivity index (χ3v) is 3.85. The first-order valence-corrected chi connectivity index (χ1v) is 7.17. The number of nitrogens with zero attached hydrogens (tertiary/aromatic N) is 4. The molecule has 2 heterocycles. The van der Waals surface area contributed by atoms with E-state index in [0.29, 0.717) is 16.7 Å². The van der Waals surface area contributed by atoms with Crippen molar-refractivity contribution in [1.29, 1.82) is 5.26 Å². The molecule has 8 nitrogen and oxygen atoms in total. The van der Waals surface area contributed by atoms with Crippen LogP contribution in [-0.4, -0.2) is 31.5 Å². The van der Waals surface area contributed by atoms with E-state index < -0.39 is 0 Å². The third kappa shape index (κ3) is 2.07. The molecule has 0 unspecified atom stereocenters. The van der Waals surface area contributed by atoms with Gasteiger partial charge in [0.25, 0.3) is 5.91 Å². The summed E-state index contributed by atoms with van der Waals surface area (Å²) in [6.07, 6.45) is 0. The Labute approximate surface area is 135 Å². The fourth-order valence-electron chi connectivity index (χ4n) is 2.63. The van der Waals surface area contributed by atoms with Crippen molar-refractivity contribution in [2.45, 2.75) is 6.92 Å². The maximum atomic E-state index is 12.6. The molecule has 0 aliphatic rings. The molecule has 4 aromatic rings. The van der Waals surface area contributed by atoms with Gasteiger partial charge in [-0.3, -0.25) is 9.89 Å². The Morgan fingerprint density at radius 2 is 2.00 bits per heavy atom. The van der Waals surface area contributed by atoms with Crippen LogP contribution in [0.2, 0.25) is 0 Å². The number of H-pyrrole nitrogens is 2. The second-order valence-electron chi connectivity index (χ2n) is 5.33. The molecule has 0 aliphatic carbocycles. The fraction of sp³-hybridized carbons (Fsp3) is 0.0625. The zero-order valence-corrected chi connectivity index (χ0v) is 12.6. The molecule has 116 valence electrons. The van der Waals surface area contributed by atoms with Crippen LogP contribution in [-0.2, 0) is 0 Å². The van der Waals surface area contributed by atoms with Gasteiger partial charge in [0, 0.05) is 16.8 Å². The third-order valence-electron chi connectivity index (χ3n) is 3.85. The Bertz CT molecular complexity index is 1130. The molecule has 0 radical (unpaired) electrons. The summed E-state index contributed by atoms with van der Waals surface area (Å²) in [6.45, 7) is 1.91. The number of amides is 1. The van der Waals surface area contributed by atoms with Crippen molar-refractivity contribution in [2.24, 2.45) is 0 Å². The summed E-state index contributed by atoms with van der Waals surface area (Å²) >= 11 is 0. The van der Waals surface area contributed by atoms with E-state index in [1.54, 1.807) is 18.2 Å². The van der Waals surface area contributed by atoms with E-state index in [0.717, 1.165) is 16.6 Å². The number of carbonyl (C=O) groups excluding carboxylic acids is 1. The molecular formula is C16H11N7O. The number of rotatable bonds is 2. The van der Waals surface area contributed by atoms with Gasteiger partial charge in [-0.25, -0.2) is 0 Å². The highest BCUT2D eigenvalue weighted by atomic mass is 16.1. The second-order valence-corrected chi connectivity index (χ2v) is 5.33. The lowest BCUT2D eigenvalue weighted by atomic mass is 10.1. The minimum absolute atomic E-state index is 0.194. The first kappa shape index (κ1) is 13.9. The second kappa shape index (κ2) is 5.17. The Hall–Kier alpha value is -3.73. The van der Waals surface area contributed by atoms with Gasteiger partial charge >= 0.3 is 0 Å². The zero-order chi connectivity index (χ0) is 16.7. The average molecular weight is 317 g/mol. The molecule has 0 aliphatic heterocycles. The Morgan fingerprint density at radius 3 is 2.83 bits per heavy atom. The van der Waals surface area contributed by atoms with Crippen molar-refractivity contribution < 1.29 is 4.79 Å². The monoisotopic (exact) mass is 317 g/mol. The molecule has 4 rings (SSSR count). The normalized spacial score (nSPS) is 10.8. The molecule has 0 atom stereocenters. The molecule has 0 spiro atoms. The van der Waals surface area contributed by atoms with Crippen LogP contribution in [0.25, 0.3) is 21.9 Å². The van der Waals surface area contributed by atoms with E-state index in [-0.39, 0.29) is 17.0 Å². The molecular weight excluding hydrogens is 306 g/mol. The van der Waals surface area contributed by atoms with Crippen LogP contribution in [0.3, 0.4) is 0 Å². The highest BCUT2D eigenvalue weighted by Crippen LogP contribution is 2.22. The first-order valence-electron chi connectivity index (χ1n) is 7.17.